The van der Waals surface area contributed by atoms with Crippen molar-refractivity contribution < 1.29 is 9.32 Å². The molecule has 9 heteroatoms. The number of rotatable bonds is 5. The minimum atomic E-state index is -0.561. The van der Waals surface area contributed by atoms with Crippen LogP contribution >= 0.6 is 11.8 Å². The Morgan fingerprint density at radius 1 is 1.50 bits per heavy atom. The number of H-pyrrole nitrogens is 1. The summed E-state index contributed by atoms with van der Waals surface area (Å²) < 4.78 is 6.12. The predicted octanol–water partition coefficient (Wildman–Crippen LogP) is 0.884. The fourth-order valence-electron chi connectivity index (χ4n) is 2.33. The third-order valence-electron chi connectivity index (χ3n) is 3.55. The molecule has 1 saturated heterocycles. The first-order valence-electron chi connectivity index (χ1n) is 7.17. The van der Waals surface area contributed by atoms with Gasteiger partial charge in [-0.2, -0.15) is 16.9 Å². The van der Waals surface area contributed by atoms with Crippen LogP contribution in [0.5, 0.6) is 0 Å². The first-order chi connectivity index (χ1) is 10.7. The first-order valence-corrected chi connectivity index (χ1v) is 8.33. The number of anilines is 1. The molecule has 3 heterocycles. The van der Waals surface area contributed by atoms with Gasteiger partial charge in [0.05, 0.1) is 0 Å². The number of aromatic nitrogens is 4. The van der Waals surface area contributed by atoms with Crippen molar-refractivity contribution in [3.05, 3.63) is 28.6 Å². The maximum atomic E-state index is 12.1. The highest BCUT2D eigenvalue weighted by Crippen LogP contribution is 2.23. The number of carbonyl (C=O) groups is 1. The zero-order chi connectivity index (χ0) is 15.4. The lowest BCUT2D eigenvalue weighted by Gasteiger charge is -2.19. The van der Waals surface area contributed by atoms with Crippen molar-refractivity contribution >= 4 is 23.5 Å². The van der Waals surface area contributed by atoms with Crippen LogP contribution in [0.3, 0.4) is 0 Å². The van der Waals surface area contributed by atoms with E-state index in [2.05, 4.69) is 25.1 Å². The lowest BCUT2D eigenvalue weighted by molar-refractivity contribution is -0.120. The zero-order valence-corrected chi connectivity index (χ0v) is 12.8. The Kier molecular flexibility index (Phi) is 4.62. The molecule has 2 aromatic heterocycles. The summed E-state index contributed by atoms with van der Waals surface area (Å²) in [7, 11) is 0. The van der Waals surface area contributed by atoms with Crippen LogP contribution in [-0.4, -0.2) is 37.3 Å². The highest BCUT2D eigenvalue weighted by atomic mass is 32.2. The molecule has 0 atom stereocenters. The van der Waals surface area contributed by atoms with Gasteiger partial charge >= 0.3 is 5.76 Å². The van der Waals surface area contributed by atoms with E-state index >= 15 is 0 Å². The molecule has 0 bridgehead atoms. The first kappa shape index (κ1) is 14.9. The molecule has 2 aromatic rings. The van der Waals surface area contributed by atoms with E-state index in [1.807, 2.05) is 11.8 Å². The molecule has 0 saturated carbocycles. The maximum Gasteiger partial charge on any atom is 0.438 e. The lowest BCUT2D eigenvalue weighted by atomic mass is 10.0. The highest BCUT2D eigenvalue weighted by molar-refractivity contribution is 7.99. The van der Waals surface area contributed by atoms with Crippen molar-refractivity contribution in [1.82, 2.24) is 19.9 Å². The van der Waals surface area contributed by atoms with E-state index in [0.717, 1.165) is 24.3 Å². The van der Waals surface area contributed by atoms with Crippen molar-refractivity contribution in [2.45, 2.75) is 25.8 Å². The number of hydrogen-bond acceptors (Lipinski definition) is 6. The second kappa shape index (κ2) is 6.82. The summed E-state index contributed by atoms with van der Waals surface area (Å²) in [5.41, 5.74) is 0. The van der Waals surface area contributed by atoms with Gasteiger partial charge < -0.3 is 5.32 Å². The Bertz CT molecular complexity index is 686. The Hall–Kier alpha value is -2.03. The van der Waals surface area contributed by atoms with Gasteiger partial charge in [0, 0.05) is 31.1 Å². The van der Waals surface area contributed by atoms with Crippen LogP contribution in [0.2, 0.25) is 0 Å². The third-order valence-corrected chi connectivity index (χ3v) is 4.60. The van der Waals surface area contributed by atoms with Crippen molar-refractivity contribution in [1.29, 1.82) is 0 Å². The van der Waals surface area contributed by atoms with E-state index in [1.165, 1.54) is 0 Å². The molecule has 1 fully saturated rings. The number of aromatic amines is 1. The number of nitrogens with one attached hydrogen (secondary N) is 2. The van der Waals surface area contributed by atoms with Crippen LogP contribution in [0.15, 0.2) is 21.6 Å². The predicted molar refractivity (Wildman–Crippen MR) is 81.7 cm³/mol. The van der Waals surface area contributed by atoms with E-state index in [4.69, 9.17) is 0 Å². The Morgan fingerprint density at radius 3 is 3.05 bits per heavy atom. The van der Waals surface area contributed by atoms with E-state index < -0.39 is 5.76 Å². The molecule has 2 N–H and O–H groups in total. The Morgan fingerprint density at radius 2 is 2.32 bits per heavy atom. The average Bonchev–Trinajstić information content (AvgIpc) is 3.15. The zero-order valence-electron chi connectivity index (χ0n) is 11.9. The molecular weight excluding hydrogens is 306 g/mol. The van der Waals surface area contributed by atoms with Gasteiger partial charge in [0.25, 0.3) is 0 Å². The fraction of sp³-hybridized carbons (Fsp3) is 0.538. The van der Waals surface area contributed by atoms with Crippen LogP contribution in [0.4, 0.5) is 5.82 Å². The molecule has 0 aromatic carbocycles. The van der Waals surface area contributed by atoms with Crippen molar-refractivity contribution in [2.24, 2.45) is 5.92 Å². The largest absolute Gasteiger partial charge is 0.438 e. The third kappa shape index (κ3) is 3.79. The molecule has 3 rings (SSSR count). The summed E-state index contributed by atoms with van der Waals surface area (Å²) in [6, 6.07) is 1.76. The smallest absolute Gasteiger partial charge is 0.309 e. The van der Waals surface area contributed by atoms with Gasteiger partial charge in [-0.3, -0.25) is 19.0 Å². The van der Waals surface area contributed by atoms with E-state index in [9.17, 15) is 9.59 Å². The summed E-state index contributed by atoms with van der Waals surface area (Å²) in [6.07, 6.45) is 4.14. The van der Waals surface area contributed by atoms with Gasteiger partial charge in [-0.05, 0) is 24.3 Å². The van der Waals surface area contributed by atoms with Crippen LogP contribution in [0.1, 0.15) is 18.7 Å². The van der Waals surface area contributed by atoms with Gasteiger partial charge in [-0.1, -0.05) is 5.16 Å². The summed E-state index contributed by atoms with van der Waals surface area (Å²) in [6.45, 7) is 0.540. The molecular formula is C13H17N5O3S. The van der Waals surface area contributed by atoms with Gasteiger partial charge in [-0.15, -0.1) is 0 Å². The van der Waals surface area contributed by atoms with Crippen LogP contribution in [0, 0.1) is 5.92 Å². The minimum absolute atomic E-state index is 0.0476. The normalized spacial score (nSPS) is 15.8. The monoisotopic (exact) mass is 323 g/mol. The van der Waals surface area contributed by atoms with Gasteiger partial charge in [0.15, 0.2) is 11.6 Å². The fourth-order valence-corrected chi connectivity index (χ4v) is 3.44. The molecule has 118 valence electrons. The van der Waals surface area contributed by atoms with E-state index in [1.54, 1.807) is 16.9 Å². The van der Waals surface area contributed by atoms with Gasteiger partial charge in [0.1, 0.15) is 0 Å². The van der Waals surface area contributed by atoms with Crippen LogP contribution in [-0.2, 0) is 17.8 Å². The molecule has 0 unspecified atom stereocenters. The standard InChI is InChI=1S/C13H17N5O3S/c19-12(9-3-7-22-8-4-9)14-10-1-5-18(16-10)6-2-11-15-13(20)21-17-11/h1,5,9H,2-4,6-8H2,(H,14,16,19)(H,15,17,20). The van der Waals surface area contributed by atoms with E-state index in [-0.39, 0.29) is 11.8 Å². The molecule has 1 aliphatic heterocycles. The Balaban J connectivity index is 1.52. The second-order valence-electron chi connectivity index (χ2n) is 5.13. The molecule has 0 radical (unpaired) electrons. The molecule has 1 amide bonds. The van der Waals surface area contributed by atoms with Crippen LogP contribution < -0.4 is 11.1 Å². The lowest BCUT2D eigenvalue weighted by Crippen LogP contribution is -2.26. The number of amides is 1. The van der Waals surface area contributed by atoms with Gasteiger partial charge in [0.2, 0.25) is 5.91 Å². The summed E-state index contributed by atoms with van der Waals surface area (Å²) >= 11 is 1.89. The van der Waals surface area contributed by atoms with Crippen molar-refractivity contribution in [3.8, 4) is 0 Å². The van der Waals surface area contributed by atoms with Gasteiger partial charge in [-0.25, -0.2) is 4.79 Å². The summed E-state index contributed by atoms with van der Waals surface area (Å²) in [5, 5.41) is 10.7. The molecule has 1 aliphatic rings. The Labute approximate surface area is 130 Å². The highest BCUT2D eigenvalue weighted by Gasteiger charge is 2.21. The number of nitrogens with zero attached hydrogens (tertiary/aromatic N) is 3. The summed E-state index contributed by atoms with van der Waals surface area (Å²) in [4.78, 5) is 25.4. The number of carbonyl (C=O) groups excluding carboxylic acids is 1. The van der Waals surface area contributed by atoms with E-state index in [0.29, 0.717) is 24.6 Å². The SMILES string of the molecule is O=C(Nc1ccn(CCc2noc(=O)[nH]2)n1)C1CCSCC1. The number of hydrogen-bond donors (Lipinski definition) is 2. The molecule has 22 heavy (non-hydrogen) atoms. The van der Waals surface area contributed by atoms with Crippen molar-refractivity contribution in [3.63, 3.8) is 0 Å². The summed E-state index contributed by atoms with van der Waals surface area (Å²) in [5.74, 6) is 2.69. The number of aryl methyl sites for hydroxylation is 2. The molecule has 0 spiro atoms. The second-order valence-corrected chi connectivity index (χ2v) is 6.36. The average molecular weight is 323 g/mol. The molecule has 8 nitrogen and oxygen atoms in total. The van der Waals surface area contributed by atoms with Crippen LogP contribution in [0.25, 0.3) is 0 Å². The quantitative estimate of drug-likeness (QED) is 0.846. The minimum Gasteiger partial charge on any atom is -0.309 e. The molecule has 0 aliphatic carbocycles. The topological polar surface area (TPSA) is 106 Å². The number of thioether (sulfide) groups is 1. The van der Waals surface area contributed by atoms with Crippen molar-refractivity contribution in [2.75, 3.05) is 16.8 Å². The maximum absolute atomic E-state index is 12.1.